The predicted molar refractivity (Wildman–Crippen MR) is 114 cm³/mol. The number of fused-ring (bicyclic) bond motifs is 1. The Hall–Kier alpha value is -2.84. The van der Waals surface area contributed by atoms with Gasteiger partial charge < -0.3 is 9.64 Å². The Labute approximate surface area is 183 Å². The zero-order chi connectivity index (χ0) is 22.0. The first kappa shape index (κ1) is 21.4. The van der Waals surface area contributed by atoms with Crippen molar-refractivity contribution in [2.75, 3.05) is 38.2 Å². The smallest absolute Gasteiger partial charge is 0.327 e. The second kappa shape index (κ2) is 9.11. The summed E-state index contributed by atoms with van der Waals surface area (Å²) in [6.07, 6.45) is -2.76. The summed E-state index contributed by atoms with van der Waals surface area (Å²) in [6.45, 7) is 2.02. The third-order valence-electron chi connectivity index (χ3n) is 5.40. The largest absolute Gasteiger partial charge is 0.468 e. The Bertz CT molecular complexity index is 1090. The monoisotopic (exact) mass is 446 g/mol. The fourth-order valence-corrected chi connectivity index (χ4v) is 4.13. The number of carbonyl (C=O) groups excluding carboxylic acids is 1. The first-order valence-corrected chi connectivity index (χ1v) is 10.2. The van der Waals surface area contributed by atoms with Crippen LogP contribution in [0, 0.1) is 0 Å². The quantitative estimate of drug-likeness (QED) is 0.546. The third kappa shape index (κ3) is 4.31. The third-order valence-corrected chi connectivity index (χ3v) is 5.74. The molecule has 3 aromatic rings. The second-order valence-corrected chi connectivity index (χ2v) is 7.60. The summed E-state index contributed by atoms with van der Waals surface area (Å²) >= 11 is 6.34. The Kier molecular flexibility index (Phi) is 6.29. The average molecular weight is 447 g/mol. The molecular weight excluding hydrogens is 426 g/mol. The molecule has 1 fully saturated rings. The number of halogens is 3. The number of carbonyl (C=O) groups is 1. The van der Waals surface area contributed by atoms with Crippen LogP contribution >= 0.6 is 11.6 Å². The fraction of sp³-hybridized carbons (Fsp3) is 0.318. The van der Waals surface area contributed by atoms with E-state index in [9.17, 15) is 13.6 Å². The number of para-hydroxylation sites is 1. The molecule has 0 bridgehead atoms. The van der Waals surface area contributed by atoms with Crippen LogP contribution in [0.4, 0.5) is 14.6 Å². The molecule has 1 aliphatic rings. The number of hydrogen-bond donors (Lipinski definition) is 0. The van der Waals surface area contributed by atoms with E-state index in [0.29, 0.717) is 48.1 Å². The van der Waals surface area contributed by atoms with Crippen molar-refractivity contribution >= 4 is 34.3 Å². The lowest BCUT2D eigenvalue weighted by atomic mass is 10.0. The summed E-state index contributed by atoms with van der Waals surface area (Å²) in [5.74, 6) is -0.401. The highest BCUT2D eigenvalue weighted by Crippen LogP contribution is 2.32. The number of hydrogen-bond acceptors (Lipinski definition) is 6. The number of alkyl halides is 2. The van der Waals surface area contributed by atoms with E-state index in [1.165, 1.54) is 7.11 Å². The highest BCUT2D eigenvalue weighted by atomic mass is 35.5. The number of esters is 1. The molecule has 2 heterocycles. The SMILES string of the molecule is COC(=O)C(c1ccccc1Cl)N1CCN(c2nc(C(F)F)nc3ccccc23)CC1. The number of benzene rings is 2. The van der Waals surface area contributed by atoms with Gasteiger partial charge >= 0.3 is 5.97 Å². The van der Waals surface area contributed by atoms with Gasteiger partial charge in [-0.2, -0.15) is 0 Å². The summed E-state index contributed by atoms with van der Waals surface area (Å²) in [4.78, 5) is 24.6. The fourth-order valence-electron chi connectivity index (χ4n) is 3.89. The topological polar surface area (TPSA) is 58.6 Å². The molecule has 1 aromatic heterocycles. The highest BCUT2D eigenvalue weighted by Gasteiger charge is 2.33. The van der Waals surface area contributed by atoms with Crippen LogP contribution in [0.3, 0.4) is 0 Å². The van der Waals surface area contributed by atoms with Gasteiger partial charge in [-0.1, -0.05) is 41.9 Å². The lowest BCUT2D eigenvalue weighted by Crippen LogP contribution is -2.50. The number of methoxy groups -OCH3 is 1. The van der Waals surface area contributed by atoms with E-state index in [4.69, 9.17) is 16.3 Å². The van der Waals surface area contributed by atoms with Gasteiger partial charge in [0.05, 0.1) is 12.6 Å². The molecule has 0 aliphatic carbocycles. The normalized spacial score (nSPS) is 16.0. The lowest BCUT2D eigenvalue weighted by molar-refractivity contribution is -0.147. The van der Waals surface area contributed by atoms with E-state index in [0.717, 1.165) is 5.39 Å². The van der Waals surface area contributed by atoms with Crippen LogP contribution < -0.4 is 4.90 Å². The summed E-state index contributed by atoms with van der Waals surface area (Å²) in [5, 5.41) is 1.21. The molecule has 1 aliphatic heterocycles. The molecule has 162 valence electrons. The van der Waals surface area contributed by atoms with Crippen molar-refractivity contribution < 1.29 is 18.3 Å². The molecule has 6 nitrogen and oxygen atoms in total. The molecular formula is C22H21ClF2N4O2. The van der Waals surface area contributed by atoms with E-state index >= 15 is 0 Å². The van der Waals surface area contributed by atoms with Gasteiger partial charge in [-0.05, 0) is 23.8 Å². The van der Waals surface area contributed by atoms with E-state index in [1.807, 2.05) is 34.1 Å². The van der Waals surface area contributed by atoms with Crippen LogP contribution in [-0.4, -0.2) is 54.1 Å². The number of ether oxygens (including phenoxy) is 1. The molecule has 9 heteroatoms. The van der Waals surface area contributed by atoms with Crippen LogP contribution in [0.5, 0.6) is 0 Å². The van der Waals surface area contributed by atoms with Crippen molar-refractivity contribution in [1.82, 2.24) is 14.9 Å². The molecule has 1 atom stereocenters. The number of nitrogens with zero attached hydrogens (tertiary/aromatic N) is 4. The van der Waals surface area contributed by atoms with Crippen LogP contribution in [-0.2, 0) is 9.53 Å². The van der Waals surface area contributed by atoms with Crippen molar-refractivity contribution in [2.45, 2.75) is 12.5 Å². The standard InChI is InChI=1S/C22H21ClF2N4O2/c1-31-22(30)18(14-6-2-4-8-16(14)23)28-10-12-29(13-11-28)21-15-7-3-5-9-17(15)26-20(27-21)19(24)25/h2-9,18-19H,10-13H2,1H3. The van der Waals surface area contributed by atoms with Gasteiger partial charge in [-0.15, -0.1) is 0 Å². The maximum Gasteiger partial charge on any atom is 0.327 e. The van der Waals surface area contributed by atoms with Crippen LogP contribution in [0.25, 0.3) is 10.9 Å². The number of aromatic nitrogens is 2. The highest BCUT2D eigenvalue weighted by molar-refractivity contribution is 6.31. The van der Waals surface area contributed by atoms with Crippen LogP contribution in [0.1, 0.15) is 23.9 Å². The van der Waals surface area contributed by atoms with Crippen LogP contribution in [0.15, 0.2) is 48.5 Å². The first-order chi connectivity index (χ1) is 15.0. The molecule has 1 saturated heterocycles. The van der Waals surface area contributed by atoms with E-state index < -0.39 is 24.3 Å². The first-order valence-electron chi connectivity index (χ1n) is 9.85. The molecule has 4 rings (SSSR count). The maximum atomic E-state index is 13.3. The molecule has 2 aromatic carbocycles. The minimum atomic E-state index is -2.76. The predicted octanol–water partition coefficient (Wildman–Crippen LogP) is 4.26. The second-order valence-electron chi connectivity index (χ2n) is 7.19. The Morgan fingerprint density at radius 3 is 2.39 bits per heavy atom. The van der Waals surface area contributed by atoms with Crippen LogP contribution in [0.2, 0.25) is 5.02 Å². The number of piperazine rings is 1. The Balaban J connectivity index is 1.61. The van der Waals surface area contributed by atoms with E-state index in [1.54, 1.807) is 24.3 Å². The van der Waals surface area contributed by atoms with Gasteiger partial charge in [0.1, 0.15) is 11.9 Å². The van der Waals surface area contributed by atoms with Gasteiger partial charge in [0, 0.05) is 36.6 Å². The average Bonchev–Trinajstić information content (AvgIpc) is 2.80. The van der Waals surface area contributed by atoms with Crippen molar-refractivity contribution in [3.8, 4) is 0 Å². The van der Waals surface area contributed by atoms with Gasteiger partial charge in [0.25, 0.3) is 6.43 Å². The number of rotatable bonds is 5. The Morgan fingerprint density at radius 1 is 1.03 bits per heavy atom. The van der Waals surface area contributed by atoms with Gasteiger partial charge in [-0.3, -0.25) is 4.90 Å². The molecule has 31 heavy (non-hydrogen) atoms. The summed E-state index contributed by atoms with van der Waals surface area (Å²) in [5.41, 5.74) is 1.16. The van der Waals surface area contributed by atoms with Crippen molar-refractivity contribution in [2.24, 2.45) is 0 Å². The number of anilines is 1. The molecule has 0 radical (unpaired) electrons. The van der Waals surface area contributed by atoms with Gasteiger partial charge in [-0.25, -0.2) is 23.5 Å². The summed E-state index contributed by atoms with van der Waals surface area (Å²) < 4.78 is 31.7. The van der Waals surface area contributed by atoms with Crippen molar-refractivity contribution in [3.05, 3.63) is 64.9 Å². The Morgan fingerprint density at radius 2 is 1.71 bits per heavy atom. The maximum absolute atomic E-state index is 13.3. The van der Waals surface area contributed by atoms with Gasteiger partial charge in [0.15, 0.2) is 5.82 Å². The van der Waals surface area contributed by atoms with Gasteiger partial charge in [0.2, 0.25) is 0 Å². The van der Waals surface area contributed by atoms with Crippen molar-refractivity contribution in [3.63, 3.8) is 0 Å². The molecule has 0 spiro atoms. The van der Waals surface area contributed by atoms with E-state index in [-0.39, 0.29) is 0 Å². The zero-order valence-corrected chi connectivity index (χ0v) is 17.6. The van der Waals surface area contributed by atoms with Crippen molar-refractivity contribution in [1.29, 1.82) is 0 Å². The summed E-state index contributed by atoms with van der Waals surface area (Å²) in [6, 6.07) is 13.7. The molecule has 1 unspecified atom stereocenters. The lowest BCUT2D eigenvalue weighted by Gasteiger charge is -2.39. The minimum absolute atomic E-state index is 0.394. The van der Waals surface area contributed by atoms with E-state index in [2.05, 4.69) is 9.97 Å². The zero-order valence-electron chi connectivity index (χ0n) is 16.8. The summed E-state index contributed by atoms with van der Waals surface area (Å²) in [7, 11) is 1.35. The molecule has 0 amide bonds. The molecule has 0 N–H and O–H groups in total. The molecule has 0 saturated carbocycles. The minimum Gasteiger partial charge on any atom is -0.468 e.